The van der Waals surface area contributed by atoms with Crippen molar-refractivity contribution >= 4 is 5.78 Å². The molecule has 1 nitrogen and oxygen atoms in total. The Morgan fingerprint density at radius 2 is 1.25 bits per heavy atom. The lowest BCUT2D eigenvalue weighted by molar-refractivity contribution is 0.104. The summed E-state index contributed by atoms with van der Waals surface area (Å²) in [6, 6.07) is 7.94. The van der Waals surface area contributed by atoms with Crippen molar-refractivity contribution < 1.29 is 13.6 Å². The van der Waals surface area contributed by atoms with Crippen LogP contribution in [0.3, 0.4) is 0 Å². The highest BCUT2D eigenvalue weighted by Crippen LogP contribution is 2.36. The van der Waals surface area contributed by atoms with Gasteiger partial charge in [-0.05, 0) is 41.5 Å². The first-order valence-electron chi connectivity index (χ1n) is 4.81. The summed E-state index contributed by atoms with van der Waals surface area (Å²) in [5, 5.41) is 0. The second-order valence-electron chi connectivity index (χ2n) is 3.71. The average Bonchev–Trinajstić information content (AvgIpc) is 2.52. The molecule has 0 heterocycles. The van der Waals surface area contributed by atoms with Gasteiger partial charge in [0.2, 0.25) is 0 Å². The second-order valence-corrected chi connectivity index (χ2v) is 3.71. The summed E-state index contributed by atoms with van der Waals surface area (Å²) < 4.78 is 26.1. The number of benzene rings is 2. The van der Waals surface area contributed by atoms with Crippen molar-refractivity contribution in [3.63, 3.8) is 0 Å². The van der Waals surface area contributed by atoms with E-state index in [-0.39, 0.29) is 5.78 Å². The maximum absolute atomic E-state index is 13.1. The molecule has 1 aliphatic rings. The molecule has 1 aliphatic carbocycles. The highest BCUT2D eigenvalue weighted by Gasteiger charge is 2.27. The van der Waals surface area contributed by atoms with Crippen molar-refractivity contribution in [3.8, 4) is 11.1 Å². The number of halogens is 2. The quantitative estimate of drug-likeness (QED) is 0.564. The highest BCUT2D eigenvalue weighted by atomic mass is 19.1. The minimum Gasteiger partial charge on any atom is -0.289 e. The van der Waals surface area contributed by atoms with Crippen LogP contribution in [0.2, 0.25) is 0 Å². The topological polar surface area (TPSA) is 17.1 Å². The van der Waals surface area contributed by atoms with Crippen LogP contribution in [-0.2, 0) is 0 Å². The number of carbonyl (C=O) groups excluding carboxylic acids is 1. The summed E-state index contributed by atoms with van der Waals surface area (Å²) >= 11 is 0. The van der Waals surface area contributed by atoms with Gasteiger partial charge < -0.3 is 0 Å². The molecule has 2 aromatic rings. The largest absolute Gasteiger partial charge is 0.289 e. The van der Waals surface area contributed by atoms with Crippen molar-refractivity contribution in [1.82, 2.24) is 0 Å². The van der Waals surface area contributed by atoms with Gasteiger partial charge in [0.25, 0.3) is 0 Å². The van der Waals surface area contributed by atoms with Gasteiger partial charge in [-0.2, -0.15) is 0 Å². The lowest BCUT2D eigenvalue weighted by Crippen LogP contribution is -1.95. The summed E-state index contributed by atoms with van der Waals surface area (Å²) in [5.74, 6) is -1.10. The van der Waals surface area contributed by atoms with E-state index in [2.05, 4.69) is 0 Å². The van der Waals surface area contributed by atoms with E-state index >= 15 is 0 Å². The number of carbonyl (C=O) groups is 1. The van der Waals surface area contributed by atoms with Gasteiger partial charge in [0.15, 0.2) is 5.78 Å². The molecular weight excluding hydrogens is 210 g/mol. The van der Waals surface area contributed by atoms with Gasteiger partial charge in [-0.3, -0.25) is 4.79 Å². The fraction of sp³-hybridized carbons (Fsp3) is 0. The normalized spacial score (nSPS) is 12.5. The first kappa shape index (κ1) is 9.21. The van der Waals surface area contributed by atoms with Crippen LogP contribution in [-0.4, -0.2) is 5.78 Å². The van der Waals surface area contributed by atoms with E-state index in [1.807, 2.05) is 0 Å². The van der Waals surface area contributed by atoms with E-state index in [0.717, 1.165) is 0 Å². The van der Waals surface area contributed by atoms with Crippen LogP contribution in [0.25, 0.3) is 11.1 Å². The predicted molar refractivity (Wildman–Crippen MR) is 55.2 cm³/mol. The molecule has 0 unspecified atom stereocenters. The monoisotopic (exact) mass is 216 g/mol. The van der Waals surface area contributed by atoms with Crippen LogP contribution in [0.5, 0.6) is 0 Å². The molecular formula is C13H6F2O. The molecule has 2 aromatic carbocycles. The van der Waals surface area contributed by atoms with E-state index < -0.39 is 11.6 Å². The average molecular weight is 216 g/mol. The first-order valence-corrected chi connectivity index (χ1v) is 4.81. The predicted octanol–water partition coefficient (Wildman–Crippen LogP) is 3.18. The lowest BCUT2D eigenvalue weighted by Gasteiger charge is -1.98. The van der Waals surface area contributed by atoms with Gasteiger partial charge in [-0.1, -0.05) is 6.07 Å². The van der Waals surface area contributed by atoms with E-state index in [1.165, 1.54) is 36.4 Å². The molecule has 0 fully saturated rings. The Morgan fingerprint density at radius 3 is 1.94 bits per heavy atom. The SMILES string of the molecule is O=C1c2cc(F)ccc2-c2cc(F)ccc21. The lowest BCUT2D eigenvalue weighted by atomic mass is 10.1. The highest BCUT2D eigenvalue weighted by molar-refractivity contribution is 6.21. The Kier molecular flexibility index (Phi) is 1.72. The van der Waals surface area contributed by atoms with Crippen LogP contribution in [0.15, 0.2) is 36.4 Å². The zero-order valence-corrected chi connectivity index (χ0v) is 8.13. The summed E-state index contributed by atoms with van der Waals surface area (Å²) in [6.07, 6.45) is 0. The molecule has 0 bridgehead atoms. The Labute approximate surface area is 90.3 Å². The number of hydrogen-bond acceptors (Lipinski definition) is 1. The Bertz CT molecular complexity index is 617. The molecule has 0 atom stereocenters. The minimum absolute atomic E-state index is 0.246. The maximum atomic E-state index is 13.1. The third-order valence-corrected chi connectivity index (χ3v) is 2.74. The molecule has 0 aromatic heterocycles. The van der Waals surface area contributed by atoms with Crippen molar-refractivity contribution in [2.24, 2.45) is 0 Å². The third-order valence-electron chi connectivity index (χ3n) is 2.74. The molecule has 78 valence electrons. The summed E-state index contributed by atoms with van der Waals surface area (Å²) in [4.78, 5) is 11.9. The van der Waals surface area contributed by atoms with Gasteiger partial charge in [0, 0.05) is 11.1 Å². The van der Waals surface area contributed by atoms with E-state index in [0.29, 0.717) is 22.3 Å². The molecule has 0 amide bonds. The Hall–Kier alpha value is -2.03. The van der Waals surface area contributed by atoms with Crippen molar-refractivity contribution in [3.05, 3.63) is 59.2 Å². The number of hydrogen-bond donors (Lipinski definition) is 0. The smallest absolute Gasteiger partial charge is 0.194 e. The van der Waals surface area contributed by atoms with E-state index in [9.17, 15) is 13.6 Å². The van der Waals surface area contributed by atoms with Crippen molar-refractivity contribution in [2.45, 2.75) is 0 Å². The number of fused-ring (bicyclic) bond motifs is 3. The molecule has 16 heavy (non-hydrogen) atoms. The third kappa shape index (κ3) is 1.11. The summed E-state index contributed by atoms with van der Waals surface area (Å²) in [5.41, 5.74) is 1.88. The fourth-order valence-corrected chi connectivity index (χ4v) is 2.02. The standard InChI is InChI=1S/C13H6F2O/c14-7-2-4-10-11(5-7)9-3-1-8(15)6-12(9)13(10)16/h1-6H. The molecule has 0 radical (unpaired) electrons. The summed E-state index contributed by atoms with van der Waals surface area (Å²) in [6.45, 7) is 0. The van der Waals surface area contributed by atoms with Crippen LogP contribution in [0.1, 0.15) is 15.9 Å². The molecule has 0 N–H and O–H groups in total. The molecule has 0 saturated carbocycles. The van der Waals surface area contributed by atoms with Gasteiger partial charge in [-0.15, -0.1) is 0 Å². The molecule has 3 rings (SSSR count). The van der Waals surface area contributed by atoms with Crippen LogP contribution in [0, 0.1) is 11.6 Å². The van der Waals surface area contributed by atoms with Gasteiger partial charge >= 0.3 is 0 Å². The Balaban J connectivity index is 2.36. The minimum atomic E-state index is -0.458. The second kappa shape index (κ2) is 2.98. The molecule has 0 aliphatic heterocycles. The van der Waals surface area contributed by atoms with Crippen LogP contribution < -0.4 is 0 Å². The van der Waals surface area contributed by atoms with Crippen LogP contribution in [0.4, 0.5) is 8.78 Å². The van der Waals surface area contributed by atoms with Gasteiger partial charge in [-0.25, -0.2) is 8.78 Å². The fourth-order valence-electron chi connectivity index (χ4n) is 2.02. The van der Waals surface area contributed by atoms with E-state index in [1.54, 1.807) is 0 Å². The number of ketones is 1. The number of rotatable bonds is 0. The van der Waals surface area contributed by atoms with Crippen LogP contribution >= 0.6 is 0 Å². The zero-order valence-electron chi connectivity index (χ0n) is 8.13. The van der Waals surface area contributed by atoms with Crippen molar-refractivity contribution in [2.75, 3.05) is 0 Å². The van der Waals surface area contributed by atoms with E-state index in [4.69, 9.17) is 0 Å². The Morgan fingerprint density at radius 1 is 0.688 bits per heavy atom. The molecule has 3 heteroatoms. The maximum Gasteiger partial charge on any atom is 0.194 e. The summed E-state index contributed by atoms with van der Waals surface area (Å²) in [7, 11) is 0. The van der Waals surface area contributed by atoms with Crippen molar-refractivity contribution in [1.29, 1.82) is 0 Å². The van der Waals surface area contributed by atoms with Gasteiger partial charge in [0.05, 0.1) is 0 Å². The first-order chi connectivity index (χ1) is 7.66. The van der Waals surface area contributed by atoms with Gasteiger partial charge in [0.1, 0.15) is 11.6 Å². The molecule has 0 spiro atoms. The molecule has 0 saturated heterocycles. The zero-order chi connectivity index (χ0) is 11.3.